The largest absolute Gasteiger partial charge is 0.395 e. The predicted molar refractivity (Wildman–Crippen MR) is 88.8 cm³/mol. The van der Waals surface area contributed by atoms with Gasteiger partial charge in [0.2, 0.25) is 0 Å². The Morgan fingerprint density at radius 1 is 1.38 bits per heavy atom. The first-order valence-electron chi connectivity index (χ1n) is 8.05. The molecule has 0 spiro atoms. The molecule has 0 saturated carbocycles. The van der Waals surface area contributed by atoms with Crippen LogP contribution in [0.2, 0.25) is 5.02 Å². The van der Waals surface area contributed by atoms with E-state index in [1.165, 1.54) is 18.4 Å². The molecule has 21 heavy (non-hydrogen) atoms. The minimum absolute atomic E-state index is 0.288. The first kappa shape index (κ1) is 16.8. The van der Waals surface area contributed by atoms with Crippen LogP contribution >= 0.6 is 11.6 Å². The Morgan fingerprint density at radius 2 is 2.19 bits per heavy atom. The van der Waals surface area contributed by atoms with Crippen LogP contribution in [-0.2, 0) is 0 Å². The van der Waals surface area contributed by atoms with E-state index in [-0.39, 0.29) is 6.04 Å². The van der Waals surface area contributed by atoms with Crippen molar-refractivity contribution in [2.45, 2.75) is 44.7 Å². The van der Waals surface area contributed by atoms with Crippen LogP contribution in [0.3, 0.4) is 0 Å². The van der Waals surface area contributed by atoms with Crippen LogP contribution in [0.15, 0.2) is 24.3 Å². The monoisotopic (exact) mass is 310 g/mol. The summed E-state index contributed by atoms with van der Waals surface area (Å²) in [5.74, 6) is 0. The fourth-order valence-corrected chi connectivity index (χ4v) is 3.39. The fourth-order valence-electron chi connectivity index (χ4n) is 3.09. The van der Waals surface area contributed by atoms with Crippen molar-refractivity contribution in [3.8, 4) is 0 Å². The lowest BCUT2D eigenvalue weighted by atomic mass is 10.1. The summed E-state index contributed by atoms with van der Waals surface area (Å²) in [5.41, 5.74) is 1.17. The van der Waals surface area contributed by atoms with E-state index in [4.69, 9.17) is 11.6 Å². The molecule has 4 heteroatoms. The predicted octanol–water partition coefficient (Wildman–Crippen LogP) is 3.23. The number of aliphatic hydroxyl groups is 1. The third-order valence-electron chi connectivity index (χ3n) is 4.40. The van der Waals surface area contributed by atoms with Gasteiger partial charge in [0.1, 0.15) is 0 Å². The average molecular weight is 311 g/mol. The molecule has 2 N–H and O–H groups in total. The summed E-state index contributed by atoms with van der Waals surface area (Å²) in [7, 11) is 0. The number of unbranched alkanes of at least 4 members (excludes halogenated alkanes) is 1. The van der Waals surface area contributed by atoms with Crippen molar-refractivity contribution in [3.63, 3.8) is 0 Å². The lowest BCUT2D eigenvalue weighted by Gasteiger charge is -2.22. The summed E-state index contributed by atoms with van der Waals surface area (Å²) < 4.78 is 0. The highest BCUT2D eigenvalue weighted by atomic mass is 35.5. The molecule has 0 aliphatic carbocycles. The van der Waals surface area contributed by atoms with Crippen molar-refractivity contribution in [2.24, 2.45) is 0 Å². The number of benzene rings is 1. The Kier molecular flexibility index (Phi) is 6.97. The van der Waals surface area contributed by atoms with Gasteiger partial charge in [0.25, 0.3) is 0 Å². The molecule has 1 aromatic carbocycles. The maximum Gasteiger partial charge on any atom is 0.0586 e. The number of nitrogens with one attached hydrogen (secondary N) is 1. The Bertz CT molecular complexity index is 427. The molecule has 0 amide bonds. The van der Waals surface area contributed by atoms with Gasteiger partial charge in [0.05, 0.1) is 6.61 Å². The van der Waals surface area contributed by atoms with Crippen LogP contribution < -0.4 is 5.32 Å². The van der Waals surface area contributed by atoms with Crippen molar-refractivity contribution in [3.05, 3.63) is 34.9 Å². The molecule has 0 radical (unpaired) electrons. The van der Waals surface area contributed by atoms with E-state index >= 15 is 0 Å². The second kappa shape index (κ2) is 8.74. The molecule has 3 nitrogen and oxygen atoms in total. The van der Waals surface area contributed by atoms with Crippen LogP contribution in [0.25, 0.3) is 0 Å². The van der Waals surface area contributed by atoms with Gasteiger partial charge < -0.3 is 10.4 Å². The van der Waals surface area contributed by atoms with Crippen molar-refractivity contribution in [1.29, 1.82) is 0 Å². The molecular formula is C17H27ClN2O. The molecule has 1 saturated heterocycles. The first-order valence-corrected chi connectivity index (χ1v) is 8.43. The summed E-state index contributed by atoms with van der Waals surface area (Å²) in [6.07, 6.45) is 4.72. The van der Waals surface area contributed by atoms with Gasteiger partial charge in [-0.3, -0.25) is 4.90 Å². The summed E-state index contributed by atoms with van der Waals surface area (Å²) in [4.78, 5) is 2.43. The third kappa shape index (κ3) is 4.96. The molecule has 118 valence electrons. The Balaban J connectivity index is 1.62. The van der Waals surface area contributed by atoms with Gasteiger partial charge in [0, 0.05) is 17.1 Å². The minimum atomic E-state index is 0.288. The smallest absolute Gasteiger partial charge is 0.0586 e. The highest BCUT2D eigenvalue weighted by Gasteiger charge is 2.22. The number of hydrogen-bond donors (Lipinski definition) is 2. The van der Waals surface area contributed by atoms with Crippen LogP contribution in [0, 0.1) is 0 Å². The standard InChI is InChI=1S/C17H27ClN2O/c1-14(16-8-2-3-9-17(16)18)19-10-4-5-11-20-12-6-7-15(20)13-21/h2-3,8-9,14-15,19,21H,4-7,10-13H2,1H3. The summed E-state index contributed by atoms with van der Waals surface area (Å²) >= 11 is 6.21. The zero-order valence-electron chi connectivity index (χ0n) is 12.9. The van der Waals surface area contributed by atoms with Gasteiger partial charge >= 0.3 is 0 Å². The van der Waals surface area contributed by atoms with Crippen molar-refractivity contribution in [1.82, 2.24) is 10.2 Å². The number of rotatable bonds is 8. The van der Waals surface area contributed by atoms with Crippen molar-refractivity contribution in [2.75, 3.05) is 26.2 Å². The number of hydrogen-bond acceptors (Lipinski definition) is 3. The van der Waals surface area contributed by atoms with Crippen molar-refractivity contribution >= 4 is 11.6 Å². The van der Waals surface area contributed by atoms with E-state index in [0.717, 1.165) is 37.5 Å². The van der Waals surface area contributed by atoms with Gasteiger partial charge in [0.15, 0.2) is 0 Å². The highest BCUT2D eigenvalue weighted by molar-refractivity contribution is 6.31. The van der Waals surface area contributed by atoms with E-state index in [9.17, 15) is 5.11 Å². The zero-order chi connectivity index (χ0) is 15.1. The molecule has 0 bridgehead atoms. The van der Waals surface area contributed by atoms with Gasteiger partial charge in [-0.05, 0) is 63.9 Å². The molecule has 1 fully saturated rings. The molecule has 2 unspecified atom stereocenters. The average Bonchev–Trinajstić information content (AvgIpc) is 2.94. The van der Waals surface area contributed by atoms with E-state index < -0.39 is 0 Å². The van der Waals surface area contributed by atoms with Crippen LogP contribution in [-0.4, -0.2) is 42.3 Å². The lowest BCUT2D eigenvalue weighted by molar-refractivity contribution is 0.157. The molecule has 1 aliphatic rings. The van der Waals surface area contributed by atoms with Crippen LogP contribution in [0.4, 0.5) is 0 Å². The van der Waals surface area contributed by atoms with Gasteiger partial charge in [-0.1, -0.05) is 29.8 Å². The van der Waals surface area contributed by atoms with Crippen molar-refractivity contribution < 1.29 is 5.11 Å². The van der Waals surface area contributed by atoms with E-state index in [2.05, 4.69) is 23.2 Å². The topological polar surface area (TPSA) is 35.5 Å². The molecule has 1 heterocycles. The fraction of sp³-hybridized carbons (Fsp3) is 0.647. The number of nitrogens with zero attached hydrogens (tertiary/aromatic N) is 1. The molecule has 2 atom stereocenters. The number of aliphatic hydroxyl groups excluding tert-OH is 1. The summed E-state index contributed by atoms with van der Waals surface area (Å²) in [6, 6.07) is 8.71. The maximum atomic E-state index is 9.30. The lowest BCUT2D eigenvalue weighted by Crippen LogP contribution is -2.33. The Morgan fingerprint density at radius 3 is 2.95 bits per heavy atom. The Hall–Kier alpha value is -0.610. The van der Waals surface area contributed by atoms with Crippen LogP contribution in [0.5, 0.6) is 0 Å². The van der Waals surface area contributed by atoms with E-state index in [0.29, 0.717) is 12.6 Å². The first-order chi connectivity index (χ1) is 10.2. The SMILES string of the molecule is CC(NCCCCN1CCCC1CO)c1ccccc1Cl. The summed E-state index contributed by atoms with van der Waals surface area (Å²) in [5, 5.41) is 13.7. The molecule has 1 aliphatic heterocycles. The molecule has 0 aromatic heterocycles. The zero-order valence-corrected chi connectivity index (χ0v) is 13.6. The van der Waals surface area contributed by atoms with Gasteiger partial charge in [-0.15, -0.1) is 0 Å². The quantitative estimate of drug-likeness (QED) is 0.724. The van der Waals surface area contributed by atoms with Gasteiger partial charge in [-0.2, -0.15) is 0 Å². The number of likely N-dealkylation sites (tertiary alicyclic amines) is 1. The number of halogens is 1. The third-order valence-corrected chi connectivity index (χ3v) is 4.75. The normalized spacial score (nSPS) is 20.8. The van der Waals surface area contributed by atoms with E-state index in [1.54, 1.807) is 0 Å². The molecule has 1 aromatic rings. The van der Waals surface area contributed by atoms with E-state index in [1.807, 2.05) is 18.2 Å². The Labute approximate surface area is 133 Å². The maximum absolute atomic E-state index is 9.30. The van der Waals surface area contributed by atoms with Gasteiger partial charge in [-0.25, -0.2) is 0 Å². The van der Waals surface area contributed by atoms with Crippen LogP contribution in [0.1, 0.15) is 44.2 Å². The second-order valence-electron chi connectivity index (χ2n) is 5.92. The minimum Gasteiger partial charge on any atom is -0.395 e. The highest BCUT2D eigenvalue weighted by Crippen LogP contribution is 2.22. The molecule has 2 rings (SSSR count). The summed E-state index contributed by atoms with van der Waals surface area (Å²) in [6.45, 7) is 5.72. The molecular weight excluding hydrogens is 284 g/mol. The second-order valence-corrected chi connectivity index (χ2v) is 6.33.